The quantitative estimate of drug-likeness (QED) is 0.570. The molecule has 2 aliphatic rings. The Morgan fingerprint density at radius 2 is 2.00 bits per heavy atom. The molecule has 0 spiro atoms. The van der Waals surface area contributed by atoms with Crippen LogP contribution in [0, 0.1) is 17.8 Å². The summed E-state index contributed by atoms with van der Waals surface area (Å²) < 4.78 is 5.41. The Hall–Kier alpha value is -0.120. The highest BCUT2D eigenvalue weighted by Crippen LogP contribution is 2.36. The summed E-state index contributed by atoms with van der Waals surface area (Å²) in [5.41, 5.74) is 3.08. The topological polar surface area (TPSA) is 47.3 Å². The van der Waals surface area contributed by atoms with E-state index in [2.05, 4.69) is 12.3 Å². The van der Waals surface area contributed by atoms with Crippen molar-refractivity contribution < 1.29 is 4.74 Å². The third kappa shape index (κ3) is 2.96. The summed E-state index contributed by atoms with van der Waals surface area (Å²) in [5.74, 6) is 8.22. The third-order valence-electron chi connectivity index (χ3n) is 4.59. The molecule has 0 aromatic heterocycles. The van der Waals surface area contributed by atoms with E-state index in [9.17, 15) is 0 Å². The van der Waals surface area contributed by atoms with E-state index in [1.165, 1.54) is 38.5 Å². The van der Waals surface area contributed by atoms with E-state index in [4.69, 9.17) is 10.6 Å². The van der Waals surface area contributed by atoms with E-state index < -0.39 is 0 Å². The van der Waals surface area contributed by atoms with Crippen LogP contribution in [0.1, 0.15) is 45.4 Å². The molecule has 0 bridgehead atoms. The maximum Gasteiger partial charge on any atom is 0.0468 e. The Morgan fingerprint density at radius 1 is 1.25 bits per heavy atom. The Bertz CT molecular complexity index is 204. The first-order valence-electron chi connectivity index (χ1n) is 6.85. The number of hydrazine groups is 1. The van der Waals surface area contributed by atoms with Gasteiger partial charge in [-0.15, -0.1) is 0 Å². The highest BCUT2D eigenvalue weighted by Gasteiger charge is 2.32. The number of hydrogen-bond acceptors (Lipinski definition) is 3. The van der Waals surface area contributed by atoms with Crippen LogP contribution in [0.2, 0.25) is 0 Å². The summed E-state index contributed by atoms with van der Waals surface area (Å²) in [4.78, 5) is 0. The minimum absolute atomic E-state index is 0.528. The number of rotatable bonds is 4. The SMILES string of the molecule is CC1CCCC1C(CC1CCOCC1)NN. The number of ether oxygens (including phenoxy) is 1. The molecule has 1 heterocycles. The predicted octanol–water partition coefficient (Wildman–Crippen LogP) is 2.07. The zero-order chi connectivity index (χ0) is 11.4. The number of nitrogens with one attached hydrogen (secondary N) is 1. The molecule has 0 aromatic rings. The molecule has 1 saturated carbocycles. The fourth-order valence-electron chi connectivity index (χ4n) is 3.48. The van der Waals surface area contributed by atoms with Crippen molar-refractivity contribution >= 4 is 0 Å². The van der Waals surface area contributed by atoms with Gasteiger partial charge in [-0.05, 0) is 43.4 Å². The van der Waals surface area contributed by atoms with Crippen molar-refractivity contribution in [1.82, 2.24) is 5.43 Å². The van der Waals surface area contributed by atoms with Crippen LogP contribution in [0.15, 0.2) is 0 Å². The minimum Gasteiger partial charge on any atom is -0.381 e. The van der Waals surface area contributed by atoms with E-state index in [0.29, 0.717) is 6.04 Å². The van der Waals surface area contributed by atoms with Gasteiger partial charge >= 0.3 is 0 Å². The monoisotopic (exact) mass is 226 g/mol. The average Bonchev–Trinajstić information content (AvgIpc) is 2.74. The van der Waals surface area contributed by atoms with Gasteiger partial charge in [0.2, 0.25) is 0 Å². The van der Waals surface area contributed by atoms with Gasteiger partial charge in [-0.3, -0.25) is 11.3 Å². The fraction of sp³-hybridized carbons (Fsp3) is 1.00. The van der Waals surface area contributed by atoms with Crippen LogP contribution < -0.4 is 11.3 Å². The first kappa shape index (κ1) is 12.3. The van der Waals surface area contributed by atoms with E-state index in [1.807, 2.05) is 0 Å². The molecule has 2 rings (SSSR count). The van der Waals surface area contributed by atoms with Crippen molar-refractivity contribution in [2.75, 3.05) is 13.2 Å². The van der Waals surface area contributed by atoms with Crippen LogP contribution in [-0.4, -0.2) is 19.3 Å². The summed E-state index contributed by atoms with van der Waals surface area (Å²) >= 11 is 0. The van der Waals surface area contributed by atoms with Crippen molar-refractivity contribution in [3.05, 3.63) is 0 Å². The summed E-state index contributed by atoms with van der Waals surface area (Å²) in [6, 6.07) is 0.528. The van der Waals surface area contributed by atoms with E-state index >= 15 is 0 Å². The zero-order valence-electron chi connectivity index (χ0n) is 10.5. The lowest BCUT2D eigenvalue weighted by molar-refractivity contribution is 0.0567. The lowest BCUT2D eigenvalue weighted by Crippen LogP contribution is -2.43. The van der Waals surface area contributed by atoms with Gasteiger partial charge in [0.1, 0.15) is 0 Å². The van der Waals surface area contributed by atoms with Crippen LogP contribution in [-0.2, 0) is 4.74 Å². The van der Waals surface area contributed by atoms with Crippen molar-refractivity contribution in [1.29, 1.82) is 0 Å². The fourth-order valence-corrected chi connectivity index (χ4v) is 3.48. The zero-order valence-corrected chi connectivity index (χ0v) is 10.5. The lowest BCUT2D eigenvalue weighted by atomic mass is 9.83. The molecular formula is C13H26N2O. The third-order valence-corrected chi connectivity index (χ3v) is 4.59. The molecule has 0 aromatic carbocycles. The maximum absolute atomic E-state index is 5.75. The number of hydrogen-bond donors (Lipinski definition) is 2. The van der Waals surface area contributed by atoms with Gasteiger partial charge in [-0.25, -0.2) is 0 Å². The van der Waals surface area contributed by atoms with Crippen molar-refractivity contribution in [2.45, 2.75) is 51.5 Å². The lowest BCUT2D eigenvalue weighted by Gasteiger charge is -2.31. The van der Waals surface area contributed by atoms with E-state index in [1.54, 1.807) is 0 Å². The van der Waals surface area contributed by atoms with Crippen LogP contribution in [0.5, 0.6) is 0 Å². The Balaban J connectivity index is 1.84. The van der Waals surface area contributed by atoms with E-state index in [-0.39, 0.29) is 0 Å². The molecule has 1 aliphatic heterocycles. The normalized spacial score (nSPS) is 34.1. The molecule has 0 radical (unpaired) electrons. The molecule has 3 unspecified atom stereocenters. The van der Waals surface area contributed by atoms with Gasteiger partial charge in [0.15, 0.2) is 0 Å². The Kier molecular flexibility index (Phi) is 4.62. The first-order chi connectivity index (χ1) is 7.81. The summed E-state index contributed by atoms with van der Waals surface area (Å²) in [6.45, 7) is 4.27. The van der Waals surface area contributed by atoms with Gasteiger partial charge in [0.05, 0.1) is 0 Å². The Labute approximate surface area is 99.1 Å². The predicted molar refractivity (Wildman–Crippen MR) is 65.8 cm³/mol. The highest BCUT2D eigenvalue weighted by molar-refractivity contribution is 4.85. The van der Waals surface area contributed by atoms with Crippen molar-refractivity contribution in [3.63, 3.8) is 0 Å². The maximum atomic E-state index is 5.75. The van der Waals surface area contributed by atoms with Gasteiger partial charge in [0, 0.05) is 19.3 Å². The van der Waals surface area contributed by atoms with Crippen LogP contribution in [0.25, 0.3) is 0 Å². The second-order valence-corrected chi connectivity index (χ2v) is 5.64. The molecule has 1 saturated heterocycles. The van der Waals surface area contributed by atoms with E-state index in [0.717, 1.165) is 31.0 Å². The summed E-state index contributed by atoms with van der Waals surface area (Å²) in [7, 11) is 0. The van der Waals surface area contributed by atoms with Crippen molar-refractivity contribution in [2.24, 2.45) is 23.6 Å². The summed E-state index contributed by atoms with van der Waals surface area (Å²) in [6.07, 6.45) is 7.82. The Morgan fingerprint density at radius 3 is 2.56 bits per heavy atom. The molecule has 0 amide bonds. The minimum atomic E-state index is 0.528. The van der Waals surface area contributed by atoms with Gasteiger partial charge in [-0.2, -0.15) is 0 Å². The van der Waals surface area contributed by atoms with Gasteiger partial charge in [0.25, 0.3) is 0 Å². The van der Waals surface area contributed by atoms with Gasteiger partial charge < -0.3 is 4.74 Å². The molecule has 16 heavy (non-hydrogen) atoms. The van der Waals surface area contributed by atoms with Gasteiger partial charge in [-0.1, -0.05) is 19.8 Å². The highest BCUT2D eigenvalue weighted by atomic mass is 16.5. The molecule has 1 aliphatic carbocycles. The molecule has 94 valence electrons. The largest absolute Gasteiger partial charge is 0.381 e. The second-order valence-electron chi connectivity index (χ2n) is 5.64. The van der Waals surface area contributed by atoms with Crippen molar-refractivity contribution in [3.8, 4) is 0 Å². The molecule has 3 heteroatoms. The van der Waals surface area contributed by atoms with Crippen LogP contribution in [0.3, 0.4) is 0 Å². The smallest absolute Gasteiger partial charge is 0.0468 e. The standard InChI is InChI=1S/C13H26N2O/c1-10-3-2-4-12(10)13(15-14)9-11-5-7-16-8-6-11/h10-13,15H,2-9,14H2,1H3. The molecule has 3 N–H and O–H groups in total. The second kappa shape index (κ2) is 5.99. The molecule has 2 fully saturated rings. The molecule has 3 atom stereocenters. The van der Waals surface area contributed by atoms with Crippen LogP contribution in [0.4, 0.5) is 0 Å². The first-order valence-corrected chi connectivity index (χ1v) is 6.85. The number of nitrogens with two attached hydrogens (primary N) is 1. The van der Waals surface area contributed by atoms with Crippen LogP contribution >= 0.6 is 0 Å². The molecular weight excluding hydrogens is 200 g/mol. The summed E-state index contributed by atoms with van der Waals surface area (Å²) in [5, 5.41) is 0. The molecule has 3 nitrogen and oxygen atoms in total. The average molecular weight is 226 g/mol.